The van der Waals surface area contributed by atoms with E-state index in [-0.39, 0.29) is 10.5 Å². The molecular formula is C10H16N2O3S. The van der Waals surface area contributed by atoms with Crippen LogP contribution in [0.15, 0.2) is 5.38 Å². The molecule has 0 atom stereocenters. The Kier molecular flexibility index (Phi) is 4.40. The topological polar surface area (TPSA) is 71.5 Å². The Bertz CT molecular complexity index is 363. The Hall–Kier alpha value is -0.980. The lowest BCUT2D eigenvalue weighted by Crippen LogP contribution is -2.42. The third-order valence-corrected chi connectivity index (χ3v) is 2.87. The van der Waals surface area contributed by atoms with Crippen molar-refractivity contribution in [2.24, 2.45) is 0 Å². The molecule has 0 aliphatic heterocycles. The molecule has 0 aliphatic carbocycles. The Morgan fingerprint density at radius 2 is 2.38 bits per heavy atom. The zero-order valence-electron chi connectivity index (χ0n) is 9.61. The number of thiazole rings is 1. The molecule has 0 radical (unpaired) electrons. The molecule has 1 heterocycles. The van der Waals surface area contributed by atoms with Crippen molar-refractivity contribution in [2.75, 3.05) is 13.7 Å². The SMILES string of the molecule is COCC(C)(C)NCc1csc(C(=O)O)n1. The Labute approximate surface area is 98.5 Å². The van der Waals surface area contributed by atoms with Gasteiger partial charge in [-0.1, -0.05) is 0 Å². The molecule has 1 rings (SSSR count). The Morgan fingerprint density at radius 3 is 2.88 bits per heavy atom. The fourth-order valence-electron chi connectivity index (χ4n) is 1.23. The van der Waals surface area contributed by atoms with Crippen molar-refractivity contribution in [3.63, 3.8) is 0 Å². The van der Waals surface area contributed by atoms with Gasteiger partial charge in [0.2, 0.25) is 5.01 Å². The molecule has 0 fully saturated rings. The molecule has 0 amide bonds. The van der Waals surface area contributed by atoms with E-state index in [4.69, 9.17) is 9.84 Å². The van der Waals surface area contributed by atoms with Crippen LogP contribution in [0.25, 0.3) is 0 Å². The van der Waals surface area contributed by atoms with Crippen molar-refractivity contribution in [1.29, 1.82) is 0 Å². The number of hydrogen-bond donors (Lipinski definition) is 2. The minimum Gasteiger partial charge on any atom is -0.476 e. The second-order valence-corrected chi connectivity index (χ2v) is 4.98. The summed E-state index contributed by atoms with van der Waals surface area (Å²) in [6, 6.07) is 0. The van der Waals surface area contributed by atoms with E-state index >= 15 is 0 Å². The summed E-state index contributed by atoms with van der Waals surface area (Å²) in [6.07, 6.45) is 0. The van der Waals surface area contributed by atoms with E-state index < -0.39 is 5.97 Å². The van der Waals surface area contributed by atoms with Crippen LogP contribution in [0.5, 0.6) is 0 Å². The standard InChI is InChI=1S/C10H16N2O3S/c1-10(2,6-15-3)11-4-7-5-16-8(12-7)9(13)14/h5,11H,4,6H2,1-3H3,(H,13,14). The van der Waals surface area contributed by atoms with Gasteiger partial charge in [0, 0.05) is 24.6 Å². The molecule has 0 unspecified atom stereocenters. The van der Waals surface area contributed by atoms with Crippen molar-refractivity contribution >= 4 is 17.3 Å². The molecule has 1 aromatic rings. The predicted octanol–water partition coefficient (Wildman–Crippen LogP) is 1.36. The van der Waals surface area contributed by atoms with Gasteiger partial charge < -0.3 is 15.2 Å². The molecule has 2 N–H and O–H groups in total. The number of ether oxygens (including phenoxy) is 1. The van der Waals surface area contributed by atoms with E-state index in [0.717, 1.165) is 17.0 Å². The second-order valence-electron chi connectivity index (χ2n) is 4.12. The number of carboxylic acid groups (broad SMARTS) is 1. The molecule has 0 spiro atoms. The maximum absolute atomic E-state index is 10.6. The summed E-state index contributed by atoms with van der Waals surface area (Å²) in [7, 11) is 1.65. The van der Waals surface area contributed by atoms with Gasteiger partial charge in [-0.25, -0.2) is 9.78 Å². The summed E-state index contributed by atoms with van der Waals surface area (Å²) in [4.78, 5) is 14.6. The normalized spacial score (nSPS) is 11.7. The van der Waals surface area contributed by atoms with Crippen LogP contribution in [-0.2, 0) is 11.3 Å². The molecule has 0 bridgehead atoms. The summed E-state index contributed by atoms with van der Waals surface area (Å²) in [6.45, 7) is 5.16. The molecular weight excluding hydrogens is 228 g/mol. The zero-order chi connectivity index (χ0) is 12.2. The van der Waals surface area contributed by atoms with Crippen molar-refractivity contribution in [3.05, 3.63) is 16.1 Å². The predicted molar refractivity (Wildman–Crippen MR) is 61.9 cm³/mol. The van der Waals surface area contributed by atoms with Gasteiger partial charge in [0.05, 0.1) is 12.3 Å². The third-order valence-electron chi connectivity index (χ3n) is 1.99. The monoisotopic (exact) mass is 244 g/mol. The van der Waals surface area contributed by atoms with Gasteiger partial charge >= 0.3 is 5.97 Å². The number of rotatable bonds is 6. The van der Waals surface area contributed by atoms with Crippen molar-refractivity contribution in [2.45, 2.75) is 25.9 Å². The molecule has 0 saturated carbocycles. The van der Waals surface area contributed by atoms with E-state index in [1.54, 1.807) is 12.5 Å². The number of nitrogens with one attached hydrogen (secondary N) is 1. The highest BCUT2D eigenvalue weighted by molar-refractivity contribution is 7.11. The minimum atomic E-state index is -0.979. The number of nitrogens with zero attached hydrogens (tertiary/aromatic N) is 1. The number of carbonyl (C=O) groups is 1. The number of aromatic nitrogens is 1. The van der Waals surface area contributed by atoms with E-state index in [9.17, 15) is 4.79 Å². The molecule has 5 nitrogen and oxygen atoms in total. The van der Waals surface area contributed by atoms with Crippen molar-refractivity contribution < 1.29 is 14.6 Å². The smallest absolute Gasteiger partial charge is 0.365 e. The first-order chi connectivity index (χ1) is 7.44. The fraction of sp³-hybridized carbons (Fsp3) is 0.600. The van der Waals surface area contributed by atoms with Crippen LogP contribution in [-0.4, -0.2) is 35.3 Å². The summed E-state index contributed by atoms with van der Waals surface area (Å²) in [5.74, 6) is -0.979. The lowest BCUT2D eigenvalue weighted by Gasteiger charge is -2.24. The molecule has 6 heteroatoms. The summed E-state index contributed by atoms with van der Waals surface area (Å²) in [5, 5.41) is 13.8. The minimum absolute atomic E-state index is 0.126. The van der Waals surface area contributed by atoms with Gasteiger partial charge in [0.15, 0.2) is 0 Å². The lowest BCUT2D eigenvalue weighted by atomic mass is 10.1. The van der Waals surface area contributed by atoms with Crippen LogP contribution in [0.1, 0.15) is 29.3 Å². The number of carboxylic acids is 1. The van der Waals surface area contributed by atoms with Crippen LogP contribution < -0.4 is 5.32 Å². The first-order valence-corrected chi connectivity index (χ1v) is 5.74. The molecule has 0 aromatic carbocycles. The molecule has 0 saturated heterocycles. The summed E-state index contributed by atoms with van der Waals surface area (Å²) in [5.41, 5.74) is 0.591. The highest BCUT2D eigenvalue weighted by atomic mass is 32.1. The van der Waals surface area contributed by atoms with Crippen molar-refractivity contribution in [3.8, 4) is 0 Å². The number of hydrogen-bond acceptors (Lipinski definition) is 5. The second kappa shape index (κ2) is 5.38. The summed E-state index contributed by atoms with van der Waals surface area (Å²) < 4.78 is 5.06. The van der Waals surface area contributed by atoms with Crippen LogP contribution in [0.4, 0.5) is 0 Å². The Morgan fingerprint density at radius 1 is 1.69 bits per heavy atom. The van der Waals surface area contributed by atoms with E-state index in [1.807, 2.05) is 13.8 Å². The zero-order valence-corrected chi connectivity index (χ0v) is 10.4. The summed E-state index contributed by atoms with van der Waals surface area (Å²) >= 11 is 1.14. The Balaban J connectivity index is 2.51. The maximum Gasteiger partial charge on any atom is 0.365 e. The van der Waals surface area contributed by atoms with Crippen LogP contribution in [0.2, 0.25) is 0 Å². The largest absolute Gasteiger partial charge is 0.476 e. The number of methoxy groups -OCH3 is 1. The molecule has 0 aliphatic rings. The fourth-order valence-corrected chi connectivity index (χ4v) is 1.88. The lowest BCUT2D eigenvalue weighted by molar-refractivity contribution is 0.0696. The van der Waals surface area contributed by atoms with Gasteiger partial charge in [0.25, 0.3) is 0 Å². The maximum atomic E-state index is 10.6. The molecule has 90 valence electrons. The first kappa shape index (κ1) is 13.1. The van der Waals surface area contributed by atoms with Crippen LogP contribution in [0, 0.1) is 0 Å². The average molecular weight is 244 g/mol. The quantitative estimate of drug-likeness (QED) is 0.790. The van der Waals surface area contributed by atoms with Gasteiger partial charge in [0.1, 0.15) is 0 Å². The van der Waals surface area contributed by atoms with Crippen LogP contribution in [0.3, 0.4) is 0 Å². The highest BCUT2D eigenvalue weighted by Gasteiger charge is 2.17. The van der Waals surface area contributed by atoms with Crippen LogP contribution >= 0.6 is 11.3 Å². The van der Waals surface area contributed by atoms with E-state index in [0.29, 0.717) is 13.2 Å². The first-order valence-electron chi connectivity index (χ1n) is 4.86. The van der Waals surface area contributed by atoms with Gasteiger partial charge in [-0.15, -0.1) is 11.3 Å². The van der Waals surface area contributed by atoms with E-state index in [1.165, 1.54) is 0 Å². The van der Waals surface area contributed by atoms with Gasteiger partial charge in [-0.05, 0) is 13.8 Å². The average Bonchev–Trinajstić information content (AvgIpc) is 2.63. The third kappa shape index (κ3) is 3.88. The highest BCUT2D eigenvalue weighted by Crippen LogP contribution is 2.11. The van der Waals surface area contributed by atoms with Gasteiger partial charge in [-0.2, -0.15) is 0 Å². The number of aromatic carboxylic acids is 1. The molecule has 16 heavy (non-hydrogen) atoms. The molecule has 1 aromatic heterocycles. The van der Waals surface area contributed by atoms with E-state index in [2.05, 4.69) is 10.3 Å². The van der Waals surface area contributed by atoms with Gasteiger partial charge in [-0.3, -0.25) is 0 Å². The van der Waals surface area contributed by atoms with Crippen molar-refractivity contribution in [1.82, 2.24) is 10.3 Å².